The number of hydrogen-bond acceptors (Lipinski definition) is 3. The zero-order valence-electron chi connectivity index (χ0n) is 25.9. The van der Waals surface area contributed by atoms with Crippen LogP contribution in [0.1, 0.15) is 68.4 Å². The minimum absolute atomic E-state index is 0.175. The first-order chi connectivity index (χ1) is 19.6. The number of nitrogens with two attached hydrogens (primary N) is 1. The SMILES string of the molecule is CCN(CC)C(=O)C(C)(C)c1ccc2[nH]c(-c3cc(C)cc(C)c3)c(CCNCCCCc3ccc(N)cc3)c2c1. The molecule has 0 saturated carbocycles. The second-order valence-corrected chi connectivity index (χ2v) is 11.9. The van der Waals surface area contributed by atoms with Gasteiger partial charge >= 0.3 is 0 Å². The van der Waals surface area contributed by atoms with E-state index in [-0.39, 0.29) is 5.91 Å². The van der Waals surface area contributed by atoms with Crippen LogP contribution in [0.15, 0.2) is 60.7 Å². The van der Waals surface area contributed by atoms with Crippen molar-refractivity contribution in [2.24, 2.45) is 0 Å². The molecule has 4 rings (SSSR count). The molecule has 1 heterocycles. The molecule has 4 aromatic rings. The number of aromatic nitrogens is 1. The number of anilines is 1. The molecular weight excluding hydrogens is 504 g/mol. The Morgan fingerprint density at radius 2 is 1.56 bits per heavy atom. The van der Waals surface area contributed by atoms with Gasteiger partial charge < -0.3 is 20.9 Å². The van der Waals surface area contributed by atoms with Crippen LogP contribution in [-0.2, 0) is 23.1 Å². The molecule has 5 nitrogen and oxygen atoms in total. The molecule has 0 radical (unpaired) electrons. The van der Waals surface area contributed by atoms with Gasteiger partial charge in [0.1, 0.15) is 0 Å². The first-order valence-electron chi connectivity index (χ1n) is 15.2. The summed E-state index contributed by atoms with van der Waals surface area (Å²) < 4.78 is 0. The first-order valence-corrected chi connectivity index (χ1v) is 15.2. The third-order valence-electron chi connectivity index (χ3n) is 8.32. The number of benzene rings is 3. The molecule has 0 fully saturated rings. The molecule has 41 heavy (non-hydrogen) atoms. The number of aryl methyl sites for hydroxylation is 3. The Labute approximate surface area is 246 Å². The Bertz CT molecular complexity index is 1440. The second-order valence-electron chi connectivity index (χ2n) is 11.9. The van der Waals surface area contributed by atoms with E-state index in [1.807, 2.05) is 30.9 Å². The lowest BCUT2D eigenvalue weighted by atomic mass is 9.82. The number of likely N-dealkylation sites (N-methyl/N-ethyl adjacent to an activating group) is 1. The summed E-state index contributed by atoms with van der Waals surface area (Å²) in [5.41, 5.74) is 15.8. The number of fused-ring (bicyclic) bond motifs is 1. The number of hydrogen-bond donors (Lipinski definition) is 3. The van der Waals surface area contributed by atoms with Crippen LogP contribution >= 0.6 is 0 Å². The maximum Gasteiger partial charge on any atom is 0.232 e. The highest BCUT2D eigenvalue weighted by Gasteiger charge is 2.33. The number of carbonyl (C=O) groups excluding carboxylic acids is 1. The molecule has 0 aliphatic rings. The number of H-pyrrole nitrogens is 1. The van der Waals surface area contributed by atoms with Crippen molar-refractivity contribution in [3.05, 3.63) is 88.5 Å². The quantitative estimate of drug-likeness (QED) is 0.120. The Kier molecular flexibility index (Phi) is 9.93. The number of nitrogens with zero attached hydrogens (tertiary/aromatic N) is 1. The molecule has 1 aromatic heterocycles. The van der Waals surface area contributed by atoms with Crippen molar-refractivity contribution < 1.29 is 4.79 Å². The highest BCUT2D eigenvalue weighted by Crippen LogP contribution is 2.35. The van der Waals surface area contributed by atoms with E-state index < -0.39 is 5.41 Å². The largest absolute Gasteiger partial charge is 0.399 e. The van der Waals surface area contributed by atoms with Crippen molar-refractivity contribution in [3.63, 3.8) is 0 Å². The zero-order valence-corrected chi connectivity index (χ0v) is 25.9. The Morgan fingerprint density at radius 1 is 0.878 bits per heavy atom. The minimum atomic E-state index is -0.600. The summed E-state index contributed by atoms with van der Waals surface area (Å²) in [6.07, 6.45) is 4.27. The summed E-state index contributed by atoms with van der Waals surface area (Å²) in [5, 5.41) is 4.89. The van der Waals surface area contributed by atoms with Gasteiger partial charge in [-0.15, -0.1) is 0 Å². The van der Waals surface area contributed by atoms with Gasteiger partial charge in [-0.3, -0.25) is 4.79 Å². The van der Waals surface area contributed by atoms with Crippen molar-refractivity contribution in [2.75, 3.05) is 31.9 Å². The van der Waals surface area contributed by atoms with Crippen molar-refractivity contribution in [1.82, 2.24) is 15.2 Å². The lowest BCUT2D eigenvalue weighted by Crippen LogP contribution is -2.43. The van der Waals surface area contributed by atoms with Crippen LogP contribution in [-0.4, -0.2) is 42.0 Å². The van der Waals surface area contributed by atoms with Gasteiger partial charge in [-0.05, 0) is 139 Å². The van der Waals surface area contributed by atoms with Crippen LogP contribution in [0.4, 0.5) is 5.69 Å². The lowest BCUT2D eigenvalue weighted by Gasteiger charge is -2.31. The summed E-state index contributed by atoms with van der Waals surface area (Å²) in [4.78, 5) is 19.1. The van der Waals surface area contributed by atoms with Crippen molar-refractivity contribution in [1.29, 1.82) is 0 Å². The average Bonchev–Trinajstić information content (AvgIpc) is 3.31. The van der Waals surface area contributed by atoms with E-state index in [2.05, 4.69) is 86.5 Å². The molecule has 4 N–H and O–H groups in total. The molecule has 0 unspecified atom stereocenters. The van der Waals surface area contributed by atoms with Gasteiger partial charge in [0.15, 0.2) is 0 Å². The smallest absolute Gasteiger partial charge is 0.232 e. The van der Waals surface area contributed by atoms with Gasteiger partial charge in [-0.25, -0.2) is 0 Å². The number of rotatable bonds is 13. The fourth-order valence-electron chi connectivity index (χ4n) is 5.89. The molecule has 5 heteroatoms. The molecule has 0 aliphatic carbocycles. The van der Waals surface area contributed by atoms with Gasteiger partial charge in [0, 0.05) is 35.4 Å². The predicted octanol–water partition coefficient (Wildman–Crippen LogP) is 7.33. The van der Waals surface area contributed by atoms with Gasteiger partial charge in [0.25, 0.3) is 0 Å². The van der Waals surface area contributed by atoms with Crippen molar-refractivity contribution >= 4 is 22.5 Å². The Morgan fingerprint density at radius 3 is 2.22 bits per heavy atom. The maximum absolute atomic E-state index is 13.5. The summed E-state index contributed by atoms with van der Waals surface area (Å²) >= 11 is 0. The third-order valence-corrected chi connectivity index (χ3v) is 8.32. The third kappa shape index (κ3) is 7.20. The number of nitrogens with one attached hydrogen (secondary N) is 2. The highest BCUT2D eigenvalue weighted by molar-refractivity contribution is 5.94. The molecule has 0 saturated heterocycles. The summed E-state index contributed by atoms with van der Waals surface area (Å²) in [6, 6.07) is 21.5. The van der Waals surface area contributed by atoms with E-state index in [1.165, 1.54) is 38.9 Å². The van der Waals surface area contributed by atoms with E-state index >= 15 is 0 Å². The number of aromatic amines is 1. The average molecular weight is 553 g/mol. The van der Waals surface area contributed by atoms with E-state index in [9.17, 15) is 4.79 Å². The van der Waals surface area contributed by atoms with E-state index in [4.69, 9.17) is 5.73 Å². The highest BCUT2D eigenvalue weighted by atomic mass is 16.2. The molecule has 0 atom stereocenters. The molecule has 3 aromatic carbocycles. The topological polar surface area (TPSA) is 74.2 Å². The summed E-state index contributed by atoms with van der Waals surface area (Å²) in [5.74, 6) is 0.175. The fraction of sp³-hybridized carbons (Fsp3) is 0.417. The zero-order chi connectivity index (χ0) is 29.6. The molecule has 0 aliphatic heterocycles. The van der Waals surface area contributed by atoms with Crippen LogP contribution in [0.3, 0.4) is 0 Å². The van der Waals surface area contributed by atoms with E-state index in [0.29, 0.717) is 0 Å². The van der Waals surface area contributed by atoms with E-state index in [0.717, 1.165) is 68.6 Å². The molecule has 1 amide bonds. The standard InChI is InChI=1S/C36H48N4O/c1-7-40(8-2)35(41)36(5,6)29-14-17-33-32(24-29)31(34(39-33)28-22-25(3)21-26(4)23-28)18-20-38-19-10-9-11-27-12-15-30(37)16-13-27/h12-17,21-24,38-39H,7-11,18-20,37H2,1-6H3. The molecule has 0 bridgehead atoms. The predicted molar refractivity (Wildman–Crippen MR) is 175 cm³/mol. The maximum atomic E-state index is 13.5. The summed E-state index contributed by atoms with van der Waals surface area (Å²) in [7, 11) is 0. The Balaban J connectivity index is 1.55. The summed E-state index contributed by atoms with van der Waals surface area (Å²) in [6.45, 7) is 15.9. The second kappa shape index (κ2) is 13.4. The van der Waals surface area contributed by atoms with Gasteiger partial charge in [0.2, 0.25) is 5.91 Å². The molecular formula is C36H48N4O. The number of nitrogen functional groups attached to an aromatic ring is 1. The molecule has 0 spiro atoms. The van der Waals surface area contributed by atoms with Crippen LogP contribution in [0.25, 0.3) is 22.2 Å². The van der Waals surface area contributed by atoms with Crippen LogP contribution in [0, 0.1) is 13.8 Å². The number of unbranched alkanes of at least 4 members (excludes halogenated alkanes) is 1. The monoisotopic (exact) mass is 552 g/mol. The molecule has 218 valence electrons. The number of amides is 1. The minimum Gasteiger partial charge on any atom is -0.399 e. The fourth-order valence-corrected chi connectivity index (χ4v) is 5.89. The Hall–Kier alpha value is -3.57. The number of carbonyl (C=O) groups is 1. The van der Waals surface area contributed by atoms with Crippen LogP contribution < -0.4 is 11.1 Å². The van der Waals surface area contributed by atoms with Gasteiger partial charge in [-0.1, -0.05) is 35.4 Å². The lowest BCUT2D eigenvalue weighted by molar-refractivity contribution is -0.135. The van der Waals surface area contributed by atoms with E-state index in [1.54, 1.807) is 0 Å². The van der Waals surface area contributed by atoms with Crippen molar-refractivity contribution in [3.8, 4) is 11.3 Å². The van der Waals surface area contributed by atoms with Gasteiger partial charge in [-0.2, -0.15) is 0 Å². The van der Waals surface area contributed by atoms with Gasteiger partial charge in [0.05, 0.1) is 5.41 Å². The van der Waals surface area contributed by atoms with Crippen molar-refractivity contribution in [2.45, 2.75) is 72.6 Å². The van der Waals surface area contributed by atoms with Crippen LogP contribution in [0.2, 0.25) is 0 Å². The first kappa shape index (κ1) is 30.4. The van der Waals surface area contributed by atoms with Crippen LogP contribution in [0.5, 0.6) is 0 Å². The normalized spacial score (nSPS) is 11.8.